The highest BCUT2D eigenvalue weighted by Crippen LogP contribution is 2.40. The van der Waals surface area contributed by atoms with Gasteiger partial charge >= 0.3 is 5.97 Å². The monoisotopic (exact) mass is 524 g/mol. The Hall–Kier alpha value is -2.46. The number of amides is 1. The van der Waals surface area contributed by atoms with Crippen molar-refractivity contribution in [1.29, 1.82) is 0 Å². The average molecular weight is 525 g/mol. The number of carbonyl (C=O) groups excluding carboxylic acids is 2. The van der Waals surface area contributed by atoms with Gasteiger partial charge in [0, 0.05) is 10.0 Å². The molecule has 0 radical (unpaired) electrons. The molecule has 3 rings (SSSR count). The number of rotatable bonds is 5. The van der Waals surface area contributed by atoms with Crippen molar-refractivity contribution in [3.8, 4) is 0 Å². The van der Waals surface area contributed by atoms with Gasteiger partial charge < -0.3 is 9.57 Å². The predicted octanol–water partition coefficient (Wildman–Crippen LogP) is 3.48. The van der Waals surface area contributed by atoms with Crippen LogP contribution < -0.4 is 0 Å². The molecule has 2 aliphatic rings. The molecule has 1 aromatic carbocycles. The number of ether oxygens (including phenoxy) is 1. The Morgan fingerprint density at radius 1 is 1.31 bits per heavy atom. The summed E-state index contributed by atoms with van der Waals surface area (Å²) in [6.07, 6.45) is 1.38. The Bertz CT molecular complexity index is 1160. The number of hydrogen-bond donors (Lipinski definition) is 0. The maximum atomic E-state index is 12.8. The summed E-state index contributed by atoms with van der Waals surface area (Å²) in [5.41, 5.74) is 0.758. The molecule has 1 atom stereocenters. The van der Waals surface area contributed by atoms with Crippen LogP contribution in [0.15, 0.2) is 56.8 Å². The zero-order valence-electron chi connectivity index (χ0n) is 18.5. The quantitative estimate of drug-likeness (QED) is 0.192. The second kappa shape index (κ2) is 8.82. The van der Waals surface area contributed by atoms with Gasteiger partial charge in [0.25, 0.3) is 5.91 Å². The van der Waals surface area contributed by atoms with E-state index in [0.29, 0.717) is 5.71 Å². The number of fused-ring (bicyclic) bond motifs is 1. The fourth-order valence-corrected chi connectivity index (χ4v) is 5.83. The minimum absolute atomic E-state index is 0.0123. The highest BCUT2D eigenvalue weighted by Gasteiger charge is 2.56. The van der Waals surface area contributed by atoms with Gasteiger partial charge in [-0.15, -0.1) is 0 Å². The molecule has 0 saturated carbocycles. The third-order valence-corrected chi connectivity index (χ3v) is 7.47. The molecular weight excluding hydrogens is 500 g/mol. The standard InChI is InChI=1S/C22H25BrN2O6S/c1-13-12-32(28,29)20-16(19(26)25(20)18(13)21(27)31-22(3,4)5)10-14(2)24-30-11-15-8-6-7-9-17(15)23/h6-10,20H,11-12H2,1-5H3/b16-10-,24-14+. The summed E-state index contributed by atoms with van der Waals surface area (Å²) in [6.45, 7) is 8.44. The summed E-state index contributed by atoms with van der Waals surface area (Å²) in [6, 6.07) is 7.51. The van der Waals surface area contributed by atoms with Gasteiger partial charge in [-0.3, -0.25) is 9.69 Å². The lowest BCUT2D eigenvalue weighted by molar-refractivity contribution is -0.155. The average Bonchev–Trinajstić information content (AvgIpc) is 2.65. The van der Waals surface area contributed by atoms with Crippen LogP contribution in [0.3, 0.4) is 0 Å². The SMILES string of the molecule is CC1=C(C(=O)OC(C)(C)C)N2C(=O)/C(=C/C(C)=N/OCc3ccccc3Br)C2S(=O)(=O)C1. The molecule has 8 nitrogen and oxygen atoms in total. The number of β-lactam (4-membered cyclic amide) rings is 1. The molecule has 2 heterocycles. The molecule has 32 heavy (non-hydrogen) atoms. The maximum Gasteiger partial charge on any atom is 0.355 e. The molecule has 0 aromatic heterocycles. The smallest absolute Gasteiger partial charge is 0.355 e. The molecule has 172 valence electrons. The van der Waals surface area contributed by atoms with Crippen molar-refractivity contribution < 1.29 is 27.6 Å². The first kappa shape index (κ1) is 24.2. The molecule has 1 aromatic rings. The predicted molar refractivity (Wildman–Crippen MR) is 123 cm³/mol. The Morgan fingerprint density at radius 2 is 1.97 bits per heavy atom. The Balaban J connectivity index is 1.82. The van der Waals surface area contributed by atoms with Gasteiger partial charge in [-0.25, -0.2) is 13.2 Å². The molecule has 10 heteroatoms. The second-order valence-corrected chi connectivity index (χ2v) is 11.6. The Morgan fingerprint density at radius 3 is 2.59 bits per heavy atom. The van der Waals surface area contributed by atoms with E-state index in [-0.39, 0.29) is 29.2 Å². The number of nitrogens with zero attached hydrogens (tertiary/aromatic N) is 2. The van der Waals surface area contributed by atoms with Gasteiger partial charge in [-0.2, -0.15) is 0 Å². The summed E-state index contributed by atoms with van der Waals surface area (Å²) >= 11 is 3.42. The molecule has 0 N–H and O–H groups in total. The number of oxime groups is 1. The van der Waals surface area contributed by atoms with Gasteiger partial charge in [-0.05, 0) is 52.3 Å². The van der Waals surface area contributed by atoms with Crippen molar-refractivity contribution in [3.05, 3.63) is 57.2 Å². The largest absolute Gasteiger partial charge is 0.455 e. The van der Waals surface area contributed by atoms with E-state index in [4.69, 9.17) is 9.57 Å². The number of esters is 1. The van der Waals surface area contributed by atoms with Crippen molar-refractivity contribution in [1.82, 2.24) is 4.90 Å². The maximum absolute atomic E-state index is 12.8. The second-order valence-electron chi connectivity index (χ2n) is 8.66. The third-order valence-electron chi connectivity index (χ3n) is 4.71. The normalized spacial score (nSPS) is 21.9. The first-order valence-electron chi connectivity index (χ1n) is 9.91. The van der Waals surface area contributed by atoms with Gasteiger partial charge in [-0.1, -0.05) is 39.3 Å². The molecule has 1 fully saturated rings. The summed E-state index contributed by atoms with van der Waals surface area (Å²) < 4.78 is 31.8. The van der Waals surface area contributed by atoms with E-state index >= 15 is 0 Å². The highest BCUT2D eigenvalue weighted by molar-refractivity contribution is 9.10. The van der Waals surface area contributed by atoms with E-state index in [1.165, 1.54) is 13.0 Å². The fourth-order valence-electron chi connectivity index (χ4n) is 3.45. The highest BCUT2D eigenvalue weighted by atomic mass is 79.9. The van der Waals surface area contributed by atoms with Gasteiger partial charge in [0.05, 0.1) is 17.0 Å². The van der Waals surface area contributed by atoms with Crippen molar-refractivity contribution >= 4 is 43.4 Å². The van der Waals surface area contributed by atoms with Crippen LogP contribution in [0.1, 0.15) is 40.2 Å². The van der Waals surface area contributed by atoms with Crippen LogP contribution in [-0.4, -0.2) is 47.6 Å². The van der Waals surface area contributed by atoms with Crippen LogP contribution in [0.2, 0.25) is 0 Å². The van der Waals surface area contributed by atoms with E-state index < -0.39 is 32.7 Å². The first-order valence-corrected chi connectivity index (χ1v) is 12.4. The molecule has 0 spiro atoms. The lowest BCUT2D eigenvalue weighted by Crippen LogP contribution is -2.62. The zero-order chi connectivity index (χ0) is 23.8. The number of halogens is 1. The molecule has 2 aliphatic heterocycles. The Labute approximate surface area is 196 Å². The fraction of sp³-hybridized carbons (Fsp3) is 0.409. The van der Waals surface area contributed by atoms with Crippen molar-refractivity contribution in [2.24, 2.45) is 5.16 Å². The molecule has 0 aliphatic carbocycles. The van der Waals surface area contributed by atoms with Crippen molar-refractivity contribution in [2.45, 2.75) is 52.2 Å². The van der Waals surface area contributed by atoms with E-state index in [1.807, 2.05) is 24.3 Å². The van der Waals surface area contributed by atoms with Crippen LogP contribution in [0.25, 0.3) is 0 Å². The molecule has 1 saturated heterocycles. The topological polar surface area (TPSA) is 102 Å². The summed E-state index contributed by atoms with van der Waals surface area (Å²) in [4.78, 5) is 31.8. The van der Waals surface area contributed by atoms with E-state index in [2.05, 4.69) is 21.1 Å². The molecular formula is C22H25BrN2O6S. The molecule has 0 bridgehead atoms. The Kier molecular flexibility index (Phi) is 6.67. The number of carbonyl (C=O) groups is 2. The minimum atomic E-state index is -3.71. The van der Waals surface area contributed by atoms with Gasteiger partial charge in [0.1, 0.15) is 17.9 Å². The third kappa shape index (κ3) is 4.96. The van der Waals surface area contributed by atoms with Crippen LogP contribution in [0.5, 0.6) is 0 Å². The molecule has 1 amide bonds. The first-order chi connectivity index (χ1) is 14.8. The lowest BCUT2D eigenvalue weighted by atomic mass is 10.0. The number of sulfone groups is 1. The lowest BCUT2D eigenvalue weighted by Gasteiger charge is -2.45. The number of hydrogen-bond acceptors (Lipinski definition) is 7. The number of benzene rings is 1. The van der Waals surface area contributed by atoms with Gasteiger partial charge in [0.15, 0.2) is 15.2 Å². The van der Waals surface area contributed by atoms with Crippen molar-refractivity contribution in [3.63, 3.8) is 0 Å². The zero-order valence-corrected chi connectivity index (χ0v) is 20.9. The summed E-state index contributed by atoms with van der Waals surface area (Å²) in [7, 11) is -3.71. The summed E-state index contributed by atoms with van der Waals surface area (Å²) in [5.74, 6) is -1.62. The van der Waals surface area contributed by atoms with Crippen LogP contribution >= 0.6 is 15.9 Å². The molecule has 1 unspecified atom stereocenters. The number of allylic oxidation sites excluding steroid dienone is 1. The van der Waals surface area contributed by atoms with E-state index in [9.17, 15) is 18.0 Å². The van der Waals surface area contributed by atoms with Crippen LogP contribution in [-0.2, 0) is 35.6 Å². The van der Waals surface area contributed by atoms with Crippen LogP contribution in [0, 0.1) is 0 Å². The van der Waals surface area contributed by atoms with E-state index in [0.717, 1.165) is 14.9 Å². The van der Waals surface area contributed by atoms with Crippen molar-refractivity contribution in [2.75, 3.05) is 5.75 Å². The van der Waals surface area contributed by atoms with Crippen LogP contribution in [0.4, 0.5) is 0 Å². The van der Waals surface area contributed by atoms with Gasteiger partial charge in [0.2, 0.25) is 0 Å². The van der Waals surface area contributed by atoms with E-state index in [1.54, 1.807) is 27.7 Å². The summed E-state index contributed by atoms with van der Waals surface area (Å²) in [5, 5.41) is 2.73. The minimum Gasteiger partial charge on any atom is -0.455 e.